The van der Waals surface area contributed by atoms with Crippen molar-refractivity contribution < 1.29 is 17.9 Å². The highest BCUT2D eigenvalue weighted by Crippen LogP contribution is 2.31. The van der Waals surface area contributed by atoms with E-state index >= 15 is 0 Å². The maximum Gasteiger partial charge on any atom is 0.261 e. The van der Waals surface area contributed by atoms with E-state index in [2.05, 4.69) is 4.72 Å². The fourth-order valence-corrected chi connectivity index (χ4v) is 3.43. The minimum absolute atomic E-state index is 0.125. The van der Waals surface area contributed by atoms with Crippen LogP contribution in [0, 0.1) is 0 Å². The lowest BCUT2D eigenvalue weighted by molar-refractivity contribution is 0.379. The summed E-state index contributed by atoms with van der Waals surface area (Å²) in [5.41, 5.74) is 0.434. The second-order valence-electron chi connectivity index (χ2n) is 5.34. The largest absolute Gasteiger partial charge is 0.493 e. The number of nitrogens with one attached hydrogen (secondary N) is 1. The lowest BCUT2D eigenvalue weighted by atomic mass is 10.3. The molecule has 0 aromatic heterocycles. The van der Waals surface area contributed by atoms with Gasteiger partial charge in [0.2, 0.25) is 0 Å². The van der Waals surface area contributed by atoms with E-state index in [1.165, 1.54) is 12.1 Å². The molecule has 0 atom stereocenters. The Balaban J connectivity index is 1.77. The Bertz CT molecular complexity index is 987. The van der Waals surface area contributed by atoms with Gasteiger partial charge in [-0.15, -0.1) is 0 Å². The molecule has 0 spiro atoms. The topological polar surface area (TPSA) is 64.6 Å². The maximum absolute atomic E-state index is 12.5. The van der Waals surface area contributed by atoms with Gasteiger partial charge in [-0.2, -0.15) is 0 Å². The van der Waals surface area contributed by atoms with Crippen molar-refractivity contribution in [2.75, 3.05) is 11.8 Å². The molecule has 7 heteroatoms. The van der Waals surface area contributed by atoms with E-state index in [9.17, 15) is 8.42 Å². The van der Waals surface area contributed by atoms with Gasteiger partial charge in [0.15, 0.2) is 11.5 Å². The van der Waals surface area contributed by atoms with E-state index in [0.29, 0.717) is 28.0 Å². The number of methoxy groups -OCH3 is 1. The molecular formula is C19H16ClNO4S. The third kappa shape index (κ3) is 4.28. The standard InChI is InChI=1S/C19H16ClNO4S/c1-24-18-4-2-3-5-19(18)25-16-10-12-17(13-11-16)26(22,23)21-15-8-6-14(20)7-9-15/h2-13,21H,1H3. The quantitative estimate of drug-likeness (QED) is 0.648. The van der Waals surface area contributed by atoms with Crippen LogP contribution in [0.15, 0.2) is 77.7 Å². The van der Waals surface area contributed by atoms with E-state index in [-0.39, 0.29) is 4.90 Å². The molecule has 0 aliphatic carbocycles. The summed E-state index contributed by atoms with van der Waals surface area (Å²) in [5, 5.41) is 0.533. The number of para-hydroxylation sites is 2. The SMILES string of the molecule is COc1ccccc1Oc1ccc(S(=O)(=O)Nc2ccc(Cl)cc2)cc1. The third-order valence-corrected chi connectivity index (χ3v) is 5.18. The zero-order valence-corrected chi connectivity index (χ0v) is 15.4. The number of hydrogen-bond donors (Lipinski definition) is 1. The fraction of sp³-hybridized carbons (Fsp3) is 0.0526. The van der Waals surface area contributed by atoms with Crippen molar-refractivity contribution in [3.05, 3.63) is 77.8 Å². The highest BCUT2D eigenvalue weighted by Gasteiger charge is 2.14. The first kappa shape index (κ1) is 18.1. The Morgan fingerprint density at radius 1 is 0.846 bits per heavy atom. The number of benzene rings is 3. The van der Waals surface area contributed by atoms with Gasteiger partial charge in [0.25, 0.3) is 10.0 Å². The number of rotatable bonds is 6. The monoisotopic (exact) mass is 389 g/mol. The molecule has 0 aliphatic rings. The van der Waals surface area contributed by atoms with Crippen LogP contribution in [0.1, 0.15) is 0 Å². The molecule has 0 heterocycles. The van der Waals surface area contributed by atoms with Gasteiger partial charge in [-0.1, -0.05) is 23.7 Å². The van der Waals surface area contributed by atoms with E-state index in [4.69, 9.17) is 21.1 Å². The minimum Gasteiger partial charge on any atom is -0.493 e. The van der Waals surface area contributed by atoms with Gasteiger partial charge >= 0.3 is 0 Å². The number of anilines is 1. The molecule has 0 fully saturated rings. The minimum atomic E-state index is -3.70. The van der Waals surface area contributed by atoms with Crippen molar-refractivity contribution in [2.45, 2.75) is 4.90 Å². The summed E-state index contributed by atoms with van der Waals surface area (Å²) in [6.07, 6.45) is 0. The van der Waals surface area contributed by atoms with Gasteiger partial charge in [-0.3, -0.25) is 4.72 Å². The average molecular weight is 390 g/mol. The van der Waals surface area contributed by atoms with Crippen molar-refractivity contribution >= 4 is 27.3 Å². The number of halogens is 1. The lowest BCUT2D eigenvalue weighted by Gasteiger charge is -2.11. The molecule has 26 heavy (non-hydrogen) atoms. The van der Waals surface area contributed by atoms with Crippen LogP contribution in [-0.2, 0) is 10.0 Å². The molecule has 0 amide bonds. The molecule has 3 aromatic carbocycles. The van der Waals surface area contributed by atoms with Gasteiger partial charge in [-0.25, -0.2) is 8.42 Å². The normalized spacial score (nSPS) is 11.0. The zero-order chi connectivity index (χ0) is 18.6. The van der Waals surface area contributed by atoms with Crippen LogP contribution in [0.2, 0.25) is 5.02 Å². The van der Waals surface area contributed by atoms with Gasteiger partial charge in [0.05, 0.1) is 12.0 Å². The summed E-state index contributed by atoms with van der Waals surface area (Å²) >= 11 is 5.81. The maximum atomic E-state index is 12.5. The van der Waals surface area contributed by atoms with Crippen LogP contribution >= 0.6 is 11.6 Å². The van der Waals surface area contributed by atoms with Gasteiger partial charge in [-0.05, 0) is 60.7 Å². The molecule has 0 bridgehead atoms. The lowest BCUT2D eigenvalue weighted by Crippen LogP contribution is -2.12. The second kappa shape index (κ2) is 7.68. The molecule has 0 saturated heterocycles. The smallest absolute Gasteiger partial charge is 0.261 e. The van der Waals surface area contributed by atoms with E-state index in [1.807, 2.05) is 12.1 Å². The highest BCUT2D eigenvalue weighted by molar-refractivity contribution is 7.92. The predicted molar refractivity (Wildman–Crippen MR) is 102 cm³/mol. The zero-order valence-electron chi connectivity index (χ0n) is 13.8. The van der Waals surface area contributed by atoms with Crippen molar-refractivity contribution in [1.82, 2.24) is 0 Å². The van der Waals surface area contributed by atoms with Crippen LogP contribution < -0.4 is 14.2 Å². The predicted octanol–water partition coefficient (Wildman–Crippen LogP) is 4.94. The first-order valence-electron chi connectivity index (χ1n) is 7.67. The van der Waals surface area contributed by atoms with E-state index in [1.54, 1.807) is 55.6 Å². The third-order valence-electron chi connectivity index (χ3n) is 3.53. The fourth-order valence-electron chi connectivity index (χ4n) is 2.25. The Morgan fingerprint density at radius 3 is 2.08 bits per heavy atom. The molecule has 3 aromatic rings. The summed E-state index contributed by atoms with van der Waals surface area (Å²) in [4.78, 5) is 0.125. The number of ether oxygens (including phenoxy) is 2. The molecule has 0 radical (unpaired) electrons. The van der Waals surface area contributed by atoms with E-state index < -0.39 is 10.0 Å². The Hall–Kier alpha value is -2.70. The average Bonchev–Trinajstić information content (AvgIpc) is 2.64. The number of sulfonamides is 1. The Kier molecular flexibility index (Phi) is 5.35. The van der Waals surface area contributed by atoms with Gasteiger partial charge < -0.3 is 9.47 Å². The van der Waals surface area contributed by atoms with Crippen LogP contribution in [0.4, 0.5) is 5.69 Å². The van der Waals surface area contributed by atoms with Crippen molar-refractivity contribution in [3.8, 4) is 17.2 Å². The highest BCUT2D eigenvalue weighted by atomic mass is 35.5. The van der Waals surface area contributed by atoms with Crippen molar-refractivity contribution in [3.63, 3.8) is 0 Å². The first-order valence-corrected chi connectivity index (χ1v) is 9.53. The molecule has 1 N–H and O–H groups in total. The van der Waals surface area contributed by atoms with Gasteiger partial charge in [0.1, 0.15) is 5.75 Å². The first-order chi connectivity index (χ1) is 12.5. The molecule has 0 aliphatic heterocycles. The molecular weight excluding hydrogens is 374 g/mol. The van der Waals surface area contributed by atoms with E-state index in [0.717, 1.165) is 0 Å². The van der Waals surface area contributed by atoms with Crippen molar-refractivity contribution in [2.24, 2.45) is 0 Å². The summed E-state index contributed by atoms with van der Waals surface area (Å²) in [5.74, 6) is 1.64. The summed E-state index contributed by atoms with van der Waals surface area (Å²) < 4.78 is 38.4. The number of hydrogen-bond acceptors (Lipinski definition) is 4. The summed E-state index contributed by atoms with van der Waals surface area (Å²) in [6.45, 7) is 0. The molecule has 5 nitrogen and oxygen atoms in total. The molecule has 134 valence electrons. The van der Waals surface area contributed by atoms with Gasteiger partial charge in [0, 0.05) is 10.7 Å². The van der Waals surface area contributed by atoms with Crippen molar-refractivity contribution in [1.29, 1.82) is 0 Å². The Labute approximate surface area is 157 Å². The summed E-state index contributed by atoms with van der Waals surface area (Å²) in [6, 6.07) is 19.8. The molecule has 0 unspecified atom stereocenters. The van der Waals surface area contributed by atoms with Crippen LogP contribution in [0.5, 0.6) is 17.2 Å². The summed E-state index contributed by atoms with van der Waals surface area (Å²) in [7, 11) is -2.15. The van der Waals surface area contributed by atoms with Crippen LogP contribution in [-0.4, -0.2) is 15.5 Å². The Morgan fingerprint density at radius 2 is 1.46 bits per heavy atom. The van der Waals surface area contributed by atoms with Crippen LogP contribution in [0.25, 0.3) is 0 Å². The molecule has 0 saturated carbocycles. The van der Waals surface area contributed by atoms with Crippen LogP contribution in [0.3, 0.4) is 0 Å². The molecule has 3 rings (SSSR count). The second-order valence-corrected chi connectivity index (χ2v) is 7.46.